The second-order valence-electron chi connectivity index (χ2n) is 7.51. The second-order valence-corrected chi connectivity index (χ2v) is 7.51. The molecule has 2 aliphatic rings. The quantitative estimate of drug-likeness (QED) is 0.693. The molecule has 0 aromatic carbocycles. The highest BCUT2D eigenvalue weighted by Gasteiger charge is 2.43. The van der Waals surface area contributed by atoms with E-state index >= 15 is 0 Å². The molecule has 2 nitrogen and oxygen atoms in total. The molecule has 2 rings (SSSR count). The third-order valence-electron chi connectivity index (χ3n) is 4.81. The number of hydrogen-bond donors (Lipinski definition) is 0. The summed E-state index contributed by atoms with van der Waals surface area (Å²) >= 11 is 0. The van der Waals surface area contributed by atoms with Crippen LogP contribution in [-0.2, 0) is 0 Å². The van der Waals surface area contributed by atoms with Gasteiger partial charge in [0.15, 0.2) is 0 Å². The van der Waals surface area contributed by atoms with Crippen LogP contribution >= 0.6 is 0 Å². The first-order valence-electron chi connectivity index (χ1n) is 7.32. The number of likely N-dealkylation sites (tertiary alicyclic amines) is 2. The first-order chi connectivity index (χ1) is 7.82. The van der Waals surface area contributed by atoms with Crippen LogP contribution < -0.4 is 0 Å². The molecule has 0 N–H and O–H groups in total. The molecule has 0 radical (unpaired) electrons. The van der Waals surface area contributed by atoms with Crippen LogP contribution in [0.1, 0.15) is 53.9 Å². The van der Waals surface area contributed by atoms with Crippen LogP contribution in [0.4, 0.5) is 0 Å². The van der Waals surface area contributed by atoms with Gasteiger partial charge in [0.25, 0.3) is 0 Å². The van der Waals surface area contributed by atoms with E-state index in [1.165, 1.54) is 45.4 Å². The van der Waals surface area contributed by atoms with Gasteiger partial charge in [0, 0.05) is 24.7 Å². The lowest BCUT2D eigenvalue weighted by Gasteiger charge is -2.46. The van der Waals surface area contributed by atoms with Crippen LogP contribution in [0.5, 0.6) is 0 Å². The van der Waals surface area contributed by atoms with Gasteiger partial charge in [-0.05, 0) is 72.4 Å². The Labute approximate surface area is 107 Å². The Morgan fingerprint density at radius 2 is 1.71 bits per heavy atom. The van der Waals surface area contributed by atoms with E-state index in [1.807, 2.05) is 0 Å². The van der Waals surface area contributed by atoms with Crippen molar-refractivity contribution in [1.82, 2.24) is 9.80 Å². The van der Waals surface area contributed by atoms with Gasteiger partial charge in [-0.25, -0.2) is 0 Å². The summed E-state index contributed by atoms with van der Waals surface area (Å²) in [6.45, 7) is 17.0. The van der Waals surface area contributed by atoms with Crippen LogP contribution in [-0.4, -0.2) is 47.6 Å². The maximum Gasteiger partial charge on any atom is 0.0125 e. The standard InChI is InChI=1S/C15H30N2/c1-13(2)16-10-8-15(11-16)7-6-9-17(12-15)14(3,4)5/h13H,6-12H2,1-5H3. The van der Waals surface area contributed by atoms with Gasteiger partial charge in [-0.2, -0.15) is 0 Å². The first kappa shape index (κ1) is 13.4. The predicted molar refractivity (Wildman–Crippen MR) is 74.3 cm³/mol. The Bertz CT molecular complexity index is 267. The minimum absolute atomic E-state index is 0.346. The summed E-state index contributed by atoms with van der Waals surface area (Å²) in [7, 11) is 0. The van der Waals surface area contributed by atoms with Gasteiger partial charge in [-0.3, -0.25) is 4.90 Å². The van der Waals surface area contributed by atoms with Crippen LogP contribution in [0.3, 0.4) is 0 Å². The van der Waals surface area contributed by atoms with E-state index in [0.29, 0.717) is 11.0 Å². The Morgan fingerprint density at radius 3 is 2.24 bits per heavy atom. The predicted octanol–water partition coefficient (Wildman–Crippen LogP) is 2.98. The van der Waals surface area contributed by atoms with Crippen molar-refractivity contribution in [3.8, 4) is 0 Å². The summed E-state index contributed by atoms with van der Waals surface area (Å²) in [4.78, 5) is 5.38. The van der Waals surface area contributed by atoms with Crippen molar-refractivity contribution in [3.05, 3.63) is 0 Å². The monoisotopic (exact) mass is 238 g/mol. The molecule has 17 heavy (non-hydrogen) atoms. The Kier molecular flexibility index (Phi) is 3.57. The summed E-state index contributed by atoms with van der Waals surface area (Å²) in [5, 5.41) is 0. The van der Waals surface area contributed by atoms with E-state index < -0.39 is 0 Å². The van der Waals surface area contributed by atoms with Gasteiger partial charge >= 0.3 is 0 Å². The van der Waals surface area contributed by atoms with E-state index in [2.05, 4.69) is 44.4 Å². The normalized spacial score (nSPS) is 32.8. The summed E-state index contributed by atoms with van der Waals surface area (Å²) in [5.41, 5.74) is 0.953. The molecule has 0 saturated carbocycles. The minimum atomic E-state index is 0.346. The average Bonchev–Trinajstić information content (AvgIpc) is 2.61. The number of hydrogen-bond acceptors (Lipinski definition) is 2. The zero-order valence-corrected chi connectivity index (χ0v) is 12.4. The molecule has 1 unspecified atom stereocenters. The smallest absolute Gasteiger partial charge is 0.0125 e. The fourth-order valence-electron chi connectivity index (χ4n) is 3.52. The molecule has 1 spiro atoms. The molecule has 0 amide bonds. The van der Waals surface area contributed by atoms with Crippen LogP contribution in [0.15, 0.2) is 0 Å². The summed E-state index contributed by atoms with van der Waals surface area (Å²) < 4.78 is 0. The number of piperidine rings is 1. The molecular formula is C15H30N2. The molecule has 1 atom stereocenters. The Balaban J connectivity index is 2.02. The SMILES string of the molecule is CC(C)N1CCC2(CCCN(C(C)(C)C)C2)C1. The summed E-state index contributed by atoms with van der Waals surface area (Å²) in [5.74, 6) is 0. The lowest BCUT2D eigenvalue weighted by atomic mass is 9.78. The van der Waals surface area contributed by atoms with Crippen molar-refractivity contribution in [1.29, 1.82) is 0 Å². The van der Waals surface area contributed by atoms with Gasteiger partial charge < -0.3 is 4.90 Å². The first-order valence-corrected chi connectivity index (χ1v) is 7.32. The van der Waals surface area contributed by atoms with Gasteiger partial charge in [-0.15, -0.1) is 0 Å². The van der Waals surface area contributed by atoms with E-state index in [-0.39, 0.29) is 0 Å². The van der Waals surface area contributed by atoms with E-state index in [0.717, 1.165) is 6.04 Å². The highest BCUT2D eigenvalue weighted by Crippen LogP contribution is 2.41. The highest BCUT2D eigenvalue weighted by molar-refractivity contribution is 4.97. The van der Waals surface area contributed by atoms with Gasteiger partial charge in [0.05, 0.1) is 0 Å². The van der Waals surface area contributed by atoms with Crippen molar-refractivity contribution < 1.29 is 0 Å². The van der Waals surface area contributed by atoms with Crippen molar-refractivity contribution >= 4 is 0 Å². The molecule has 0 aromatic heterocycles. The molecule has 2 heterocycles. The summed E-state index contributed by atoms with van der Waals surface area (Å²) in [6.07, 6.45) is 4.25. The maximum absolute atomic E-state index is 2.71. The summed E-state index contributed by atoms with van der Waals surface area (Å²) in [6, 6.07) is 0.722. The molecule has 2 saturated heterocycles. The van der Waals surface area contributed by atoms with Crippen molar-refractivity contribution in [2.45, 2.75) is 65.5 Å². The van der Waals surface area contributed by atoms with E-state index in [9.17, 15) is 0 Å². The molecular weight excluding hydrogens is 208 g/mol. The molecule has 2 fully saturated rings. The molecule has 0 aliphatic carbocycles. The minimum Gasteiger partial charge on any atom is -0.300 e. The van der Waals surface area contributed by atoms with Crippen LogP contribution in [0.25, 0.3) is 0 Å². The van der Waals surface area contributed by atoms with Crippen molar-refractivity contribution in [2.24, 2.45) is 5.41 Å². The maximum atomic E-state index is 2.71. The fourth-order valence-corrected chi connectivity index (χ4v) is 3.52. The van der Waals surface area contributed by atoms with Crippen LogP contribution in [0, 0.1) is 5.41 Å². The number of nitrogens with zero attached hydrogens (tertiary/aromatic N) is 2. The van der Waals surface area contributed by atoms with Crippen molar-refractivity contribution in [3.63, 3.8) is 0 Å². The van der Waals surface area contributed by atoms with Gasteiger partial charge in [0.2, 0.25) is 0 Å². The molecule has 2 heteroatoms. The zero-order valence-electron chi connectivity index (χ0n) is 12.4. The highest BCUT2D eigenvalue weighted by atomic mass is 15.2. The van der Waals surface area contributed by atoms with Gasteiger partial charge in [0.1, 0.15) is 0 Å². The van der Waals surface area contributed by atoms with E-state index in [1.54, 1.807) is 0 Å². The lowest BCUT2D eigenvalue weighted by Crippen LogP contribution is -2.52. The Morgan fingerprint density at radius 1 is 1.00 bits per heavy atom. The van der Waals surface area contributed by atoms with Gasteiger partial charge in [-0.1, -0.05) is 0 Å². The van der Waals surface area contributed by atoms with E-state index in [4.69, 9.17) is 0 Å². The zero-order chi connectivity index (χ0) is 12.7. The second kappa shape index (κ2) is 4.55. The fraction of sp³-hybridized carbons (Fsp3) is 1.00. The third-order valence-corrected chi connectivity index (χ3v) is 4.81. The largest absolute Gasteiger partial charge is 0.300 e. The molecule has 2 aliphatic heterocycles. The molecule has 0 aromatic rings. The van der Waals surface area contributed by atoms with Crippen LogP contribution in [0.2, 0.25) is 0 Å². The number of rotatable bonds is 1. The molecule has 0 bridgehead atoms. The lowest BCUT2D eigenvalue weighted by molar-refractivity contribution is 0.0280. The average molecular weight is 238 g/mol. The topological polar surface area (TPSA) is 6.48 Å². The Hall–Kier alpha value is -0.0800. The third kappa shape index (κ3) is 2.85. The molecule has 100 valence electrons. The van der Waals surface area contributed by atoms with Crippen molar-refractivity contribution in [2.75, 3.05) is 26.2 Å².